The lowest BCUT2D eigenvalue weighted by Gasteiger charge is -1.81. The molecule has 0 aliphatic carbocycles. The van der Waals surface area contributed by atoms with Gasteiger partial charge in [0.15, 0.2) is 0 Å². The number of aromatic amines is 1. The van der Waals surface area contributed by atoms with Gasteiger partial charge in [0.2, 0.25) is 0 Å². The number of benzene rings is 1. The zero-order valence-electron chi connectivity index (χ0n) is 8.41. The van der Waals surface area contributed by atoms with Crippen LogP contribution in [0.25, 0.3) is 11.0 Å². The van der Waals surface area contributed by atoms with Gasteiger partial charge in [0, 0.05) is 0 Å². The Morgan fingerprint density at radius 2 is 1.77 bits per heavy atom. The normalized spacial score (nSPS) is 9.85. The summed E-state index contributed by atoms with van der Waals surface area (Å²) in [6.45, 7) is 6.50. The maximum Gasteiger partial charge on any atom is 0.0931 e. The Morgan fingerprint density at radius 3 is 2.38 bits per heavy atom. The lowest BCUT2D eigenvalue weighted by molar-refractivity contribution is 0.737. The molecule has 1 N–H and O–H groups in total. The zero-order chi connectivity index (χ0) is 9.68. The summed E-state index contributed by atoms with van der Waals surface area (Å²) in [5.74, 6) is 0.833. The van der Waals surface area contributed by atoms with Crippen molar-refractivity contribution >= 4 is 11.0 Å². The van der Waals surface area contributed by atoms with Gasteiger partial charge in [-0.2, -0.15) is 0 Å². The Labute approximate surface area is 79.0 Å². The zero-order valence-corrected chi connectivity index (χ0v) is 8.41. The van der Waals surface area contributed by atoms with Crippen molar-refractivity contribution in [2.75, 3.05) is 0 Å². The first kappa shape index (κ1) is 9.78. The molecule has 1 heterocycles. The minimum absolute atomic E-state index is 0.833. The SMILES string of the molecule is CC(C)C.c1ccc2[nH]cnc2c1. The maximum absolute atomic E-state index is 4.06. The number of hydrogen-bond donors (Lipinski definition) is 1. The van der Waals surface area contributed by atoms with E-state index in [1.54, 1.807) is 6.33 Å². The van der Waals surface area contributed by atoms with E-state index in [0.29, 0.717) is 0 Å². The van der Waals surface area contributed by atoms with Crippen molar-refractivity contribution in [3.63, 3.8) is 0 Å². The summed E-state index contributed by atoms with van der Waals surface area (Å²) in [6, 6.07) is 7.94. The van der Waals surface area contributed by atoms with E-state index in [9.17, 15) is 0 Å². The van der Waals surface area contributed by atoms with Gasteiger partial charge in [-0.25, -0.2) is 4.98 Å². The van der Waals surface area contributed by atoms with Gasteiger partial charge in [-0.3, -0.25) is 0 Å². The Hall–Kier alpha value is -1.31. The number of hydrogen-bond acceptors (Lipinski definition) is 1. The average molecular weight is 176 g/mol. The molecule has 0 aliphatic rings. The third kappa shape index (κ3) is 3.28. The topological polar surface area (TPSA) is 28.7 Å². The van der Waals surface area contributed by atoms with Gasteiger partial charge < -0.3 is 4.98 Å². The van der Waals surface area contributed by atoms with Crippen LogP contribution < -0.4 is 0 Å². The van der Waals surface area contributed by atoms with Crippen LogP contribution >= 0.6 is 0 Å². The lowest BCUT2D eigenvalue weighted by Crippen LogP contribution is -1.66. The van der Waals surface area contributed by atoms with Gasteiger partial charge in [0.05, 0.1) is 17.4 Å². The van der Waals surface area contributed by atoms with Crippen molar-refractivity contribution in [1.82, 2.24) is 9.97 Å². The molecule has 1 aromatic carbocycles. The number of nitrogens with one attached hydrogen (secondary N) is 1. The number of para-hydroxylation sites is 2. The fourth-order valence-electron chi connectivity index (χ4n) is 0.880. The van der Waals surface area contributed by atoms with E-state index >= 15 is 0 Å². The molecule has 13 heavy (non-hydrogen) atoms. The fraction of sp³-hybridized carbons (Fsp3) is 0.364. The van der Waals surface area contributed by atoms with Gasteiger partial charge in [-0.1, -0.05) is 32.9 Å². The maximum atomic E-state index is 4.06. The van der Waals surface area contributed by atoms with Gasteiger partial charge in [-0.15, -0.1) is 0 Å². The van der Waals surface area contributed by atoms with Crippen LogP contribution in [0.5, 0.6) is 0 Å². The predicted octanol–water partition coefficient (Wildman–Crippen LogP) is 3.23. The van der Waals surface area contributed by atoms with E-state index in [0.717, 1.165) is 17.0 Å². The molecule has 0 radical (unpaired) electrons. The van der Waals surface area contributed by atoms with E-state index in [4.69, 9.17) is 0 Å². The average Bonchev–Trinajstić information content (AvgIpc) is 2.49. The molecule has 2 heteroatoms. The summed E-state index contributed by atoms with van der Waals surface area (Å²) in [5, 5.41) is 0. The van der Waals surface area contributed by atoms with Crippen molar-refractivity contribution in [3.05, 3.63) is 30.6 Å². The van der Waals surface area contributed by atoms with Crippen molar-refractivity contribution in [2.45, 2.75) is 20.8 Å². The molecule has 70 valence electrons. The first-order valence-electron chi connectivity index (χ1n) is 4.58. The third-order valence-corrected chi connectivity index (χ3v) is 1.33. The second kappa shape index (κ2) is 4.65. The van der Waals surface area contributed by atoms with Crippen LogP contribution in [-0.4, -0.2) is 9.97 Å². The highest BCUT2D eigenvalue weighted by Crippen LogP contribution is 2.05. The van der Waals surface area contributed by atoms with Crippen molar-refractivity contribution < 1.29 is 0 Å². The first-order chi connectivity index (χ1) is 6.20. The molecule has 1 aromatic heterocycles. The van der Waals surface area contributed by atoms with Crippen molar-refractivity contribution in [3.8, 4) is 0 Å². The number of fused-ring (bicyclic) bond motifs is 1. The Balaban J connectivity index is 0.000000184. The second-order valence-electron chi connectivity index (χ2n) is 3.65. The fourth-order valence-corrected chi connectivity index (χ4v) is 0.880. The summed E-state index contributed by atoms with van der Waals surface area (Å²) in [4.78, 5) is 7.07. The molecule has 0 amide bonds. The molecular formula is C11H16N2. The minimum atomic E-state index is 0.833. The summed E-state index contributed by atoms with van der Waals surface area (Å²) < 4.78 is 0. The number of H-pyrrole nitrogens is 1. The van der Waals surface area contributed by atoms with Crippen LogP contribution in [0.4, 0.5) is 0 Å². The molecule has 0 saturated heterocycles. The largest absolute Gasteiger partial charge is 0.345 e. The second-order valence-corrected chi connectivity index (χ2v) is 3.65. The lowest BCUT2D eigenvalue weighted by atomic mass is 10.3. The smallest absolute Gasteiger partial charge is 0.0931 e. The third-order valence-electron chi connectivity index (χ3n) is 1.33. The molecule has 2 rings (SSSR count). The molecule has 0 unspecified atom stereocenters. The minimum Gasteiger partial charge on any atom is -0.345 e. The highest BCUT2D eigenvalue weighted by atomic mass is 14.9. The van der Waals surface area contributed by atoms with Crippen LogP contribution in [0, 0.1) is 5.92 Å². The molecule has 0 spiro atoms. The number of nitrogens with zero attached hydrogens (tertiary/aromatic N) is 1. The highest BCUT2D eigenvalue weighted by molar-refractivity contribution is 5.73. The summed E-state index contributed by atoms with van der Waals surface area (Å²) in [6.07, 6.45) is 1.70. The van der Waals surface area contributed by atoms with E-state index in [2.05, 4.69) is 30.7 Å². The van der Waals surface area contributed by atoms with E-state index in [-0.39, 0.29) is 0 Å². The van der Waals surface area contributed by atoms with Crippen LogP contribution in [0.2, 0.25) is 0 Å². The molecule has 0 bridgehead atoms. The molecule has 0 atom stereocenters. The molecule has 2 nitrogen and oxygen atoms in total. The quantitative estimate of drug-likeness (QED) is 0.656. The summed E-state index contributed by atoms with van der Waals surface area (Å²) >= 11 is 0. The van der Waals surface area contributed by atoms with E-state index in [1.807, 2.05) is 24.3 Å². The Morgan fingerprint density at radius 1 is 1.15 bits per heavy atom. The molecule has 0 fully saturated rings. The van der Waals surface area contributed by atoms with Crippen LogP contribution in [-0.2, 0) is 0 Å². The Kier molecular flexibility index (Phi) is 3.50. The van der Waals surface area contributed by atoms with Gasteiger partial charge in [0.1, 0.15) is 0 Å². The number of imidazole rings is 1. The van der Waals surface area contributed by atoms with Gasteiger partial charge in [-0.05, 0) is 18.1 Å². The summed E-state index contributed by atoms with van der Waals surface area (Å²) in [7, 11) is 0. The standard InChI is InChI=1S/C7H6N2.C4H10/c1-2-4-7-6(3-1)8-5-9-7;1-4(2)3/h1-5H,(H,8,9);4H,1-3H3. The molecule has 2 aromatic rings. The van der Waals surface area contributed by atoms with Gasteiger partial charge >= 0.3 is 0 Å². The molecular weight excluding hydrogens is 160 g/mol. The van der Waals surface area contributed by atoms with Crippen LogP contribution in [0.3, 0.4) is 0 Å². The molecule has 0 aliphatic heterocycles. The van der Waals surface area contributed by atoms with Crippen molar-refractivity contribution in [2.24, 2.45) is 5.92 Å². The van der Waals surface area contributed by atoms with E-state index < -0.39 is 0 Å². The van der Waals surface area contributed by atoms with Gasteiger partial charge in [0.25, 0.3) is 0 Å². The molecule has 0 saturated carbocycles. The Bertz CT molecular complexity index is 317. The number of aromatic nitrogens is 2. The highest BCUT2D eigenvalue weighted by Gasteiger charge is 1.88. The first-order valence-corrected chi connectivity index (χ1v) is 4.58. The van der Waals surface area contributed by atoms with Crippen LogP contribution in [0.15, 0.2) is 30.6 Å². The van der Waals surface area contributed by atoms with Crippen LogP contribution in [0.1, 0.15) is 20.8 Å². The van der Waals surface area contributed by atoms with E-state index in [1.165, 1.54) is 0 Å². The monoisotopic (exact) mass is 176 g/mol. The number of rotatable bonds is 0. The summed E-state index contributed by atoms with van der Waals surface area (Å²) in [5.41, 5.74) is 2.12. The van der Waals surface area contributed by atoms with Crippen molar-refractivity contribution in [1.29, 1.82) is 0 Å². The predicted molar refractivity (Wildman–Crippen MR) is 56.6 cm³/mol.